The number of hydrogen-bond acceptors (Lipinski definition) is 7. The van der Waals surface area contributed by atoms with Crippen LogP contribution in [0.15, 0.2) is 176 Å². The van der Waals surface area contributed by atoms with Gasteiger partial charge in [0.1, 0.15) is 19.8 Å². The first-order chi connectivity index (χ1) is 27.5. The smallest absolute Gasteiger partial charge is 0.330 e. The van der Waals surface area contributed by atoms with Crippen molar-refractivity contribution in [3.8, 4) is 17.2 Å². The van der Waals surface area contributed by atoms with Gasteiger partial charge in [-0.15, -0.1) is 0 Å². The van der Waals surface area contributed by atoms with Gasteiger partial charge in [0.2, 0.25) is 5.75 Å². The molecule has 56 heavy (non-hydrogen) atoms. The Morgan fingerprint density at radius 2 is 1.11 bits per heavy atom. The van der Waals surface area contributed by atoms with E-state index in [1.165, 1.54) is 6.08 Å². The number of nitrogens with zero attached hydrogens (tertiary/aromatic N) is 1. The van der Waals surface area contributed by atoms with Gasteiger partial charge in [-0.1, -0.05) is 146 Å². The molecular weight excluding hydrogens is 703 g/mol. The first-order valence-corrected chi connectivity index (χ1v) is 18.7. The first kappa shape index (κ1) is 37.7. The molecule has 282 valence electrons. The summed E-state index contributed by atoms with van der Waals surface area (Å²) in [6.45, 7) is 2.57. The van der Waals surface area contributed by atoms with Crippen LogP contribution >= 0.6 is 0 Å². The van der Waals surface area contributed by atoms with Gasteiger partial charge >= 0.3 is 5.97 Å². The molecule has 0 unspecified atom stereocenters. The molecule has 0 radical (unpaired) electrons. The topological polar surface area (TPSA) is 94.5 Å². The molecule has 1 amide bonds. The highest BCUT2D eigenvalue weighted by Gasteiger charge is 2.59. The van der Waals surface area contributed by atoms with E-state index >= 15 is 0 Å². The highest BCUT2D eigenvalue weighted by atomic mass is 16.5. The highest BCUT2D eigenvalue weighted by molar-refractivity contribution is 6.04. The van der Waals surface area contributed by atoms with E-state index in [1.807, 2.05) is 140 Å². The highest BCUT2D eigenvalue weighted by Crippen LogP contribution is 2.54. The Bertz CT molecular complexity index is 2170. The Balaban J connectivity index is 1.43. The Morgan fingerprint density at radius 1 is 0.661 bits per heavy atom. The largest absolute Gasteiger partial charge is 0.485 e. The Morgan fingerprint density at radius 3 is 1.59 bits per heavy atom. The molecule has 0 bridgehead atoms. The van der Waals surface area contributed by atoms with E-state index in [0.29, 0.717) is 34.1 Å². The summed E-state index contributed by atoms with van der Waals surface area (Å²) in [7, 11) is 0. The number of amides is 1. The first-order valence-electron chi connectivity index (χ1n) is 18.7. The molecule has 1 heterocycles. The lowest BCUT2D eigenvalue weighted by atomic mass is 9.78. The monoisotopic (exact) mass is 745 g/mol. The minimum Gasteiger partial charge on any atom is -0.485 e. The lowest BCUT2D eigenvalue weighted by Gasteiger charge is -2.30. The summed E-state index contributed by atoms with van der Waals surface area (Å²) in [5.74, 6) is -0.973. The van der Waals surface area contributed by atoms with Gasteiger partial charge in [-0.3, -0.25) is 4.79 Å². The zero-order valence-corrected chi connectivity index (χ0v) is 31.1. The Kier molecular flexibility index (Phi) is 11.9. The molecule has 1 aliphatic rings. The number of ether oxygens (including phenoxy) is 4. The fourth-order valence-corrected chi connectivity index (χ4v) is 7.01. The maximum Gasteiger partial charge on any atom is 0.330 e. The Hall–Kier alpha value is -6.64. The quantitative estimate of drug-likeness (QED) is 0.0828. The normalized spacial score (nSPS) is 17.8. The third kappa shape index (κ3) is 8.36. The number of carbonyl (C=O) groups is 2. The number of carbonyl (C=O) groups excluding carboxylic acids is 2. The van der Waals surface area contributed by atoms with Crippen molar-refractivity contribution in [3.05, 3.63) is 204 Å². The van der Waals surface area contributed by atoms with Crippen molar-refractivity contribution in [1.29, 1.82) is 0 Å². The molecule has 8 nitrogen and oxygen atoms in total. The summed E-state index contributed by atoms with van der Waals surface area (Å²) in [4.78, 5) is 29.4. The molecule has 1 aliphatic heterocycles. The summed E-state index contributed by atoms with van der Waals surface area (Å²) < 4.78 is 25.0. The summed E-state index contributed by atoms with van der Waals surface area (Å²) in [5.41, 5.74) is 2.29. The molecule has 6 aromatic rings. The van der Waals surface area contributed by atoms with Crippen molar-refractivity contribution in [2.75, 3.05) is 11.5 Å². The van der Waals surface area contributed by atoms with Crippen molar-refractivity contribution < 1.29 is 33.6 Å². The molecule has 3 atom stereocenters. The number of rotatable bonds is 15. The van der Waals surface area contributed by atoms with E-state index in [2.05, 4.69) is 0 Å². The van der Waals surface area contributed by atoms with Crippen molar-refractivity contribution in [3.63, 3.8) is 0 Å². The molecule has 8 heteroatoms. The summed E-state index contributed by atoms with van der Waals surface area (Å²) >= 11 is 0. The summed E-state index contributed by atoms with van der Waals surface area (Å²) in [5, 5.41) is 12.8. The third-order valence-electron chi connectivity index (χ3n) is 9.71. The molecular formula is C48H43NO7. The van der Waals surface area contributed by atoms with Crippen LogP contribution in [0.2, 0.25) is 0 Å². The summed E-state index contributed by atoms with van der Waals surface area (Å²) in [6.07, 6.45) is 2.86. The van der Waals surface area contributed by atoms with Gasteiger partial charge in [0.25, 0.3) is 5.91 Å². The molecule has 1 fully saturated rings. The molecule has 1 N–H and O–H groups in total. The van der Waals surface area contributed by atoms with Crippen LogP contribution in [0.3, 0.4) is 0 Å². The number of benzene rings is 6. The van der Waals surface area contributed by atoms with Crippen LogP contribution in [0, 0.1) is 5.92 Å². The van der Waals surface area contributed by atoms with E-state index in [9.17, 15) is 14.7 Å². The van der Waals surface area contributed by atoms with Gasteiger partial charge in [0, 0.05) is 17.7 Å². The molecule has 0 aromatic heterocycles. The Labute approximate surface area is 327 Å². The lowest BCUT2D eigenvalue weighted by Crippen LogP contribution is -2.40. The molecule has 0 spiro atoms. The number of anilines is 1. The van der Waals surface area contributed by atoms with Crippen LogP contribution in [0.4, 0.5) is 5.69 Å². The second-order valence-corrected chi connectivity index (χ2v) is 13.4. The molecule has 0 aliphatic carbocycles. The average Bonchev–Trinajstić information content (AvgIpc) is 3.48. The van der Waals surface area contributed by atoms with Crippen LogP contribution in [0.5, 0.6) is 17.2 Å². The predicted molar refractivity (Wildman–Crippen MR) is 215 cm³/mol. The molecule has 7 rings (SSSR count). The van der Waals surface area contributed by atoms with Crippen LogP contribution in [-0.4, -0.2) is 23.6 Å². The average molecular weight is 746 g/mol. The van der Waals surface area contributed by atoms with Gasteiger partial charge in [-0.25, -0.2) is 4.79 Å². The third-order valence-corrected chi connectivity index (χ3v) is 9.71. The van der Waals surface area contributed by atoms with E-state index in [0.717, 1.165) is 16.7 Å². The van der Waals surface area contributed by atoms with Gasteiger partial charge in [-0.05, 0) is 59.0 Å². The predicted octanol–water partition coefficient (Wildman–Crippen LogP) is 9.13. The molecule has 1 saturated heterocycles. The van der Waals surface area contributed by atoms with E-state index < -0.39 is 29.4 Å². The van der Waals surface area contributed by atoms with Gasteiger partial charge in [0.15, 0.2) is 17.1 Å². The van der Waals surface area contributed by atoms with Crippen LogP contribution < -0.4 is 19.1 Å². The van der Waals surface area contributed by atoms with Gasteiger partial charge in [-0.2, -0.15) is 0 Å². The van der Waals surface area contributed by atoms with Gasteiger partial charge in [0.05, 0.1) is 12.6 Å². The van der Waals surface area contributed by atoms with Crippen LogP contribution in [0.1, 0.15) is 40.8 Å². The number of esters is 1. The molecule has 0 saturated carbocycles. The minimum atomic E-state index is -2.08. The summed E-state index contributed by atoms with van der Waals surface area (Å²) in [6, 6.07) is 50.2. The second-order valence-electron chi connectivity index (χ2n) is 13.4. The van der Waals surface area contributed by atoms with Crippen molar-refractivity contribution in [2.24, 2.45) is 5.92 Å². The van der Waals surface area contributed by atoms with E-state index in [1.54, 1.807) is 42.2 Å². The lowest BCUT2D eigenvalue weighted by molar-refractivity contribution is -0.138. The number of hydrogen-bond donors (Lipinski definition) is 1. The maximum atomic E-state index is 14.9. The zero-order valence-electron chi connectivity index (χ0n) is 31.1. The minimum absolute atomic E-state index is 0.171. The zero-order chi connectivity index (χ0) is 38.7. The maximum absolute atomic E-state index is 14.9. The van der Waals surface area contributed by atoms with Crippen molar-refractivity contribution >= 4 is 17.6 Å². The second kappa shape index (κ2) is 17.7. The van der Waals surface area contributed by atoms with Crippen molar-refractivity contribution in [1.82, 2.24) is 0 Å². The standard InChI is InChI=1S/C48H43NO7/c1-2-53-44(50)29-28-41-45(49(40-26-16-7-17-27-40)47(51)48(41,52)39-24-14-6-15-25-39)38-30-42(54-32-35-18-8-3-9-19-35)46(56-34-37-22-12-5-13-23-37)43(31-38)55-33-36-20-10-4-11-21-36/h3-31,41,45,52H,2,32-34H2,1H3/b29-28+/t41-,45-,48+/m1/s1. The van der Waals surface area contributed by atoms with Gasteiger partial charge < -0.3 is 29.0 Å². The SMILES string of the molecule is CCOC(=O)/C=C/[C@@H]1[C@@H](c2cc(OCc3ccccc3)c(OCc3ccccc3)c(OCc3ccccc3)c2)N(c2ccccc2)C(=O)[C@]1(O)c1ccccc1. The fraction of sp³-hybridized carbons (Fsp3) is 0.167. The molecule has 6 aromatic carbocycles. The van der Waals surface area contributed by atoms with E-state index in [-0.39, 0.29) is 26.4 Å². The number of para-hydroxylation sites is 1. The van der Waals surface area contributed by atoms with Crippen molar-refractivity contribution in [2.45, 2.75) is 38.4 Å². The van der Waals surface area contributed by atoms with E-state index in [4.69, 9.17) is 18.9 Å². The van der Waals surface area contributed by atoms with Crippen LogP contribution in [0.25, 0.3) is 0 Å². The van der Waals surface area contributed by atoms with Crippen LogP contribution in [-0.2, 0) is 39.7 Å². The fourth-order valence-electron chi connectivity index (χ4n) is 7.01. The number of aliphatic hydroxyl groups is 1.